The van der Waals surface area contributed by atoms with Gasteiger partial charge in [-0.3, -0.25) is 14.4 Å². The fourth-order valence-corrected chi connectivity index (χ4v) is 8.89. The monoisotopic (exact) mass is 553 g/mol. The molecule has 8 nitrogen and oxygen atoms in total. The van der Waals surface area contributed by atoms with E-state index in [1.807, 2.05) is 61.2 Å². The molecule has 1 unspecified atom stereocenters. The first-order chi connectivity index (χ1) is 18.7. The molecule has 4 aliphatic heterocycles. The van der Waals surface area contributed by atoms with Crippen LogP contribution in [-0.4, -0.2) is 87.1 Å². The Balaban J connectivity index is 1.58. The molecular weight excluding hydrogens is 514 g/mol. The van der Waals surface area contributed by atoms with Gasteiger partial charge in [0.15, 0.2) is 0 Å². The predicted octanol–water partition coefficient (Wildman–Crippen LogP) is 3.25. The number of carbonyl (C=O) groups excluding carboxylic acids is 3. The number of thioether (sulfide) groups is 1. The van der Waals surface area contributed by atoms with Crippen LogP contribution in [0.1, 0.15) is 40.5 Å². The van der Waals surface area contributed by atoms with Crippen molar-refractivity contribution >= 4 is 35.2 Å². The van der Waals surface area contributed by atoms with E-state index in [-0.39, 0.29) is 24.3 Å². The smallest absolute Gasteiger partial charge is 0.247 e. The highest BCUT2D eigenvalue weighted by atomic mass is 32.2. The number of hydrogen-bond acceptors (Lipinski definition) is 6. The molecule has 0 aliphatic carbocycles. The predicted molar refractivity (Wildman–Crippen MR) is 153 cm³/mol. The number of aliphatic hydroxyl groups excluding tert-OH is 1. The zero-order chi connectivity index (χ0) is 27.9. The van der Waals surface area contributed by atoms with Gasteiger partial charge in [0, 0.05) is 30.1 Å². The second-order valence-corrected chi connectivity index (χ2v) is 12.9. The summed E-state index contributed by atoms with van der Waals surface area (Å²) in [5, 5.41) is 10.1. The topological polar surface area (TPSA) is 90.4 Å². The van der Waals surface area contributed by atoms with Crippen LogP contribution in [0.15, 0.2) is 48.6 Å². The number of unbranched alkanes of at least 4 members (excludes halogenated alkanes) is 1. The van der Waals surface area contributed by atoms with Crippen molar-refractivity contribution in [3.05, 3.63) is 48.6 Å². The van der Waals surface area contributed by atoms with Gasteiger partial charge in [0.2, 0.25) is 17.7 Å². The normalized spacial score (nSPS) is 32.6. The van der Waals surface area contributed by atoms with E-state index in [1.54, 1.807) is 28.5 Å². The van der Waals surface area contributed by atoms with E-state index in [0.29, 0.717) is 26.2 Å². The highest BCUT2D eigenvalue weighted by Crippen LogP contribution is 2.65. The highest BCUT2D eigenvalue weighted by Gasteiger charge is 2.74. The summed E-state index contributed by atoms with van der Waals surface area (Å²) < 4.78 is 4.00. The Hall–Kier alpha value is -2.78. The van der Waals surface area contributed by atoms with Gasteiger partial charge in [0.25, 0.3) is 0 Å². The molecule has 6 atom stereocenters. The molecule has 39 heavy (non-hydrogen) atoms. The van der Waals surface area contributed by atoms with Crippen molar-refractivity contribution in [2.75, 3.05) is 37.7 Å². The molecule has 3 amide bonds. The number of rotatable bonds is 8. The van der Waals surface area contributed by atoms with Crippen LogP contribution in [0.25, 0.3) is 0 Å². The van der Waals surface area contributed by atoms with Gasteiger partial charge in [-0.05, 0) is 51.5 Å². The number of amides is 3. The number of carbonyl (C=O) groups is 3. The van der Waals surface area contributed by atoms with Crippen LogP contribution in [-0.2, 0) is 14.4 Å². The molecule has 210 valence electrons. The second-order valence-electron chi connectivity index (χ2n) is 11.1. The van der Waals surface area contributed by atoms with Gasteiger partial charge in [-0.25, -0.2) is 0 Å². The fraction of sp³-hybridized carbons (Fsp3) is 0.567. The zero-order valence-electron chi connectivity index (χ0n) is 23.2. The Bertz CT molecular complexity index is 1190. The largest absolute Gasteiger partial charge is 0.494 e. The number of hydrogen-bond donors (Lipinski definition) is 1. The molecule has 1 aromatic rings. The van der Waals surface area contributed by atoms with Crippen molar-refractivity contribution in [2.24, 2.45) is 11.8 Å². The van der Waals surface area contributed by atoms with E-state index in [2.05, 4.69) is 13.0 Å². The number of fused-ring (bicyclic) bond motifs is 2. The third-order valence-corrected chi connectivity index (χ3v) is 10.4. The molecule has 1 N–H and O–H groups in total. The molecule has 0 bridgehead atoms. The minimum atomic E-state index is -0.903. The molecule has 9 heteroatoms. The lowest BCUT2D eigenvalue weighted by atomic mass is 9.74. The summed E-state index contributed by atoms with van der Waals surface area (Å²) in [6, 6.07) is 6.13. The number of benzene rings is 1. The maximum atomic E-state index is 14.4. The quantitative estimate of drug-likeness (QED) is 0.497. The molecule has 2 saturated heterocycles. The third-order valence-electron chi connectivity index (χ3n) is 8.56. The minimum Gasteiger partial charge on any atom is -0.494 e. The van der Waals surface area contributed by atoms with E-state index < -0.39 is 33.4 Å². The number of ether oxygens (including phenoxy) is 1. The third kappa shape index (κ3) is 4.38. The van der Waals surface area contributed by atoms with E-state index >= 15 is 0 Å². The summed E-state index contributed by atoms with van der Waals surface area (Å²) in [5.41, 5.74) is 0.740. The first-order valence-electron chi connectivity index (χ1n) is 14.0. The minimum absolute atomic E-state index is 0.100. The number of anilines is 1. The van der Waals surface area contributed by atoms with Gasteiger partial charge in [-0.2, -0.15) is 0 Å². The van der Waals surface area contributed by atoms with Crippen molar-refractivity contribution in [1.82, 2.24) is 9.80 Å². The number of aliphatic hydroxyl groups is 1. The SMILES string of the molecule is CCCCN1CC=C[C@]23S[C@]4(C)C=CCN(c5ccc(OCC)cc5)C(=O)[C@@H]4[C@H]2C(=O)N([C@H](C)CO)C3C1=O. The highest BCUT2D eigenvalue weighted by molar-refractivity contribution is 8.02. The Morgan fingerprint density at radius 2 is 1.74 bits per heavy atom. The molecule has 2 fully saturated rings. The van der Waals surface area contributed by atoms with Crippen LogP contribution in [0.2, 0.25) is 0 Å². The van der Waals surface area contributed by atoms with Crippen LogP contribution in [0.5, 0.6) is 5.75 Å². The first-order valence-corrected chi connectivity index (χ1v) is 14.9. The van der Waals surface area contributed by atoms with E-state index in [9.17, 15) is 19.5 Å². The summed E-state index contributed by atoms with van der Waals surface area (Å²) in [6.07, 6.45) is 9.92. The Morgan fingerprint density at radius 3 is 2.41 bits per heavy atom. The number of likely N-dealkylation sites (tertiary alicyclic amines) is 1. The molecule has 1 aromatic carbocycles. The Kier molecular flexibility index (Phi) is 7.59. The van der Waals surface area contributed by atoms with Crippen molar-refractivity contribution in [3.63, 3.8) is 0 Å². The van der Waals surface area contributed by atoms with Crippen molar-refractivity contribution in [2.45, 2.75) is 62.1 Å². The van der Waals surface area contributed by atoms with Crippen molar-refractivity contribution < 1.29 is 24.2 Å². The van der Waals surface area contributed by atoms with E-state index in [0.717, 1.165) is 24.3 Å². The first kappa shape index (κ1) is 27.8. The van der Waals surface area contributed by atoms with Crippen LogP contribution in [0, 0.1) is 11.8 Å². The lowest BCUT2D eigenvalue weighted by Crippen LogP contribution is -2.56. The van der Waals surface area contributed by atoms with Crippen molar-refractivity contribution in [3.8, 4) is 5.75 Å². The van der Waals surface area contributed by atoms with Gasteiger partial charge in [-0.1, -0.05) is 37.6 Å². The van der Waals surface area contributed by atoms with Crippen LogP contribution in [0.3, 0.4) is 0 Å². The summed E-state index contributed by atoms with van der Waals surface area (Å²) >= 11 is 1.57. The molecule has 0 saturated carbocycles. The summed E-state index contributed by atoms with van der Waals surface area (Å²) in [6.45, 7) is 9.59. The number of nitrogens with zero attached hydrogens (tertiary/aromatic N) is 3. The molecule has 5 rings (SSSR count). The maximum Gasteiger partial charge on any atom is 0.247 e. The summed E-state index contributed by atoms with van der Waals surface area (Å²) in [7, 11) is 0. The lowest BCUT2D eigenvalue weighted by Gasteiger charge is -2.38. The van der Waals surface area contributed by atoms with Crippen LogP contribution in [0.4, 0.5) is 5.69 Å². The molecule has 0 radical (unpaired) electrons. The van der Waals surface area contributed by atoms with Crippen LogP contribution < -0.4 is 9.64 Å². The molecule has 4 aliphatic rings. The fourth-order valence-electron chi connectivity index (χ4n) is 6.74. The van der Waals surface area contributed by atoms with Gasteiger partial charge >= 0.3 is 0 Å². The molecule has 1 spiro atoms. The molecule has 0 aromatic heterocycles. The van der Waals surface area contributed by atoms with Gasteiger partial charge < -0.3 is 24.5 Å². The maximum absolute atomic E-state index is 14.4. The average molecular weight is 554 g/mol. The average Bonchev–Trinajstić information content (AvgIpc) is 3.20. The summed E-state index contributed by atoms with van der Waals surface area (Å²) in [5.74, 6) is -1.11. The Labute approximate surface area is 235 Å². The van der Waals surface area contributed by atoms with E-state index in [1.165, 1.54) is 0 Å². The molecule has 4 heterocycles. The van der Waals surface area contributed by atoms with Gasteiger partial charge in [0.05, 0.1) is 35.8 Å². The second kappa shape index (κ2) is 10.7. The van der Waals surface area contributed by atoms with E-state index in [4.69, 9.17) is 4.74 Å². The molecular formula is C30H39N3O5S. The Morgan fingerprint density at radius 1 is 1.03 bits per heavy atom. The standard InChI is InChI=1S/C30H39N3O5S/c1-5-7-16-31-17-9-15-30-24(27(36)33(20(3)19-34)25(30)28(31)37)23-26(35)32(18-8-14-29(23,4)39-30)21-10-12-22(13-11-21)38-6-2/h8-15,20,23-25,34H,5-7,16-19H2,1-4H3/t20-,23+,24+,25?,29-,30+/m1/s1. The van der Waals surface area contributed by atoms with Crippen LogP contribution >= 0.6 is 11.8 Å². The van der Waals surface area contributed by atoms with Gasteiger partial charge in [0.1, 0.15) is 11.8 Å². The lowest BCUT2D eigenvalue weighted by molar-refractivity contribution is -0.145. The zero-order valence-corrected chi connectivity index (χ0v) is 24.0. The summed E-state index contributed by atoms with van der Waals surface area (Å²) in [4.78, 5) is 48.0. The van der Waals surface area contributed by atoms with Gasteiger partial charge in [-0.15, -0.1) is 11.8 Å². The van der Waals surface area contributed by atoms with Crippen molar-refractivity contribution in [1.29, 1.82) is 0 Å².